The van der Waals surface area contributed by atoms with E-state index in [9.17, 15) is 16.8 Å². The number of benzene rings is 1. The molecule has 0 radical (unpaired) electrons. The van der Waals surface area contributed by atoms with Crippen molar-refractivity contribution < 1.29 is 21.6 Å². The highest BCUT2D eigenvalue weighted by Crippen LogP contribution is 2.36. The Morgan fingerprint density at radius 1 is 1.25 bits per heavy atom. The highest BCUT2D eigenvalue weighted by molar-refractivity contribution is 7.91. The number of sulfone groups is 1. The fourth-order valence-corrected chi connectivity index (χ4v) is 6.79. The SMILES string of the molecule is Cc1ccc(S(=O)(=O)NC2CCOC3(CCS(=O)(=O)C3)C2)cc1C. The molecular formula is C16H23NO5S2. The second-order valence-corrected chi connectivity index (χ2v) is 10.8. The summed E-state index contributed by atoms with van der Waals surface area (Å²) in [6.07, 6.45) is 1.39. The Kier molecular flexibility index (Phi) is 4.53. The van der Waals surface area contributed by atoms with E-state index < -0.39 is 25.5 Å². The molecule has 24 heavy (non-hydrogen) atoms. The van der Waals surface area contributed by atoms with E-state index in [1.54, 1.807) is 18.2 Å². The predicted octanol–water partition coefficient (Wildman–Crippen LogP) is 1.32. The smallest absolute Gasteiger partial charge is 0.240 e. The minimum atomic E-state index is -3.63. The fraction of sp³-hybridized carbons (Fsp3) is 0.625. The summed E-state index contributed by atoms with van der Waals surface area (Å²) >= 11 is 0. The number of aryl methyl sites for hydroxylation is 2. The molecule has 0 saturated carbocycles. The third-order valence-corrected chi connectivity index (χ3v) is 8.27. The Hall–Kier alpha value is -0.960. The molecule has 2 aliphatic rings. The van der Waals surface area contributed by atoms with Gasteiger partial charge < -0.3 is 4.74 Å². The standard InChI is InChI=1S/C16H23NO5S2/c1-12-3-4-15(9-13(12)2)24(20,21)17-14-5-7-22-16(10-14)6-8-23(18,19)11-16/h3-4,9,14,17H,5-8,10-11H2,1-2H3. The third kappa shape index (κ3) is 3.66. The van der Waals surface area contributed by atoms with E-state index in [-0.39, 0.29) is 22.4 Å². The van der Waals surface area contributed by atoms with Gasteiger partial charge in [0.1, 0.15) is 0 Å². The predicted molar refractivity (Wildman–Crippen MR) is 91.2 cm³/mol. The van der Waals surface area contributed by atoms with E-state index in [0.717, 1.165) is 11.1 Å². The number of sulfonamides is 1. The van der Waals surface area contributed by atoms with Crippen LogP contribution < -0.4 is 4.72 Å². The highest BCUT2D eigenvalue weighted by Gasteiger charge is 2.47. The van der Waals surface area contributed by atoms with Crippen molar-refractivity contribution in [2.75, 3.05) is 18.1 Å². The van der Waals surface area contributed by atoms with Crippen molar-refractivity contribution in [1.82, 2.24) is 4.72 Å². The summed E-state index contributed by atoms with van der Waals surface area (Å²) in [7, 11) is -6.72. The van der Waals surface area contributed by atoms with Crippen LogP contribution in [0.15, 0.2) is 23.1 Å². The summed E-state index contributed by atoms with van der Waals surface area (Å²) in [5, 5.41) is 0. The van der Waals surface area contributed by atoms with Crippen molar-refractivity contribution in [3.63, 3.8) is 0 Å². The Balaban J connectivity index is 1.76. The van der Waals surface area contributed by atoms with Gasteiger partial charge in [0.05, 0.1) is 22.0 Å². The largest absolute Gasteiger partial charge is 0.374 e. The number of hydrogen-bond donors (Lipinski definition) is 1. The van der Waals surface area contributed by atoms with Gasteiger partial charge in [-0.25, -0.2) is 21.6 Å². The zero-order valence-corrected chi connectivity index (χ0v) is 15.5. The summed E-state index contributed by atoms with van der Waals surface area (Å²) in [6.45, 7) is 4.18. The van der Waals surface area contributed by atoms with Crippen molar-refractivity contribution in [3.8, 4) is 0 Å². The Morgan fingerprint density at radius 3 is 2.62 bits per heavy atom. The lowest BCUT2D eigenvalue weighted by Crippen LogP contribution is -2.49. The molecule has 2 heterocycles. The van der Waals surface area contributed by atoms with E-state index in [4.69, 9.17) is 4.74 Å². The molecular weight excluding hydrogens is 350 g/mol. The molecule has 2 atom stereocenters. The number of hydrogen-bond acceptors (Lipinski definition) is 5. The average Bonchev–Trinajstić information content (AvgIpc) is 2.76. The van der Waals surface area contributed by atoms with Gasteiger partial charge in [-0.15, -0.1) is 0 Å². The lowest BCUT2D eigenvalue weighted by Gasteiger charge is -2.37. The van der Waals surface area contributed by atoms with Crippen LogP contribution in [0.3, 0.4) is 0 Å². The van der Waals surface area contributed by atoms with Crippen LogP contribution in [-0.2, 0) is 24.6 Å². The van der Waals surface area contributed by atoms with Gasteiger partial charge in [-0.3, -0.25) is 0 Å². The van der Waals surface area contributed by atoms with Crippen LogP contribution in [0.1, 0.15) is 30.4 Å². The number of ether oxygens (including phenoxy) is 1. The van der Waals surface area contributed by atoms with Crippen LogP contribution in [0.2, 0.25) is 0 Å². The maximum Gasteiger partial charge on any atom is 0.240 e. The van der Waals surface area contributed by atoms with E-state index in [0.29, 0.717) is 25.9 Å². The van der Waals surface area contributed by atoms with Crippen molar-refractivity contribution in [1.29, 1.82) is 0 Å². The van der Waals surface area contributed by atoms with Gasteiger partial charge in [0.2, 0.25) is 10.0 Å². The molecule has 6 nitrogen and oxygen atoms in total. The summed E-state index contributed by atoms with van der Waals surface area (Å²) in [6, 6.07) is 4.74. The molecule has 1 aromatic rings. The molecule has 2 saturated heterocycles. The lowest BCUT2D eigenvalue weighted by atomic mass is 9.90. The van der Waals surface area contributed by atoms with Gasteiger partial charge in [-0.1, -0.05) is 6.07 Å². The molecule has 3 rings (SSSR count). The average molecular weight is 373 g/mol. The minimum absolute atomic E-state index is 0.0120. The highest BCUT2D eigenvalue weighted by atomic mass is 32.2. The van der Waals surface area contributed by atoms with E-state index in [1.807, 2.05) is 13.8 Å². The van der Waals surface area contributed by atoms with Crippen LogP contribution in [0.4, 0.5) is 0 Å². The first-order chi connectivity index (χ1) is 11.1. The van der Waals surface area contributed by atoms with Crippen molar-refractivity contribution in [3.05, 3.63) is 29.3 Å². The molecule has 1 aromatic carbocycles. The second-order valence-electron chi connectivity index (χ2n) is 6.93. The zero-order valence-electron chi connectivity index (χ0n) is 13.9. The third-order valence-electron chi connectivity index (χ3n) is 4.96. The second kappa shape index (κ2) is 6.09. The van der Waals surface area contributed by atoms with Crippen LogP contribution in [0.25, 0.3) is 0 Å². The van der Waals surface area contributed by atoms with Crippen molar-refractivity contribution in [2.24, 2.45) is 0 Å². The lowest BCUT2D eigenvalue weighted by molar-refractivity contribution is -0.0675. The molecule has 8 heteroatoms. The van der Waals surface area contributed by atoms with Gasteiger partial charge in [0.15, 0.2) is 9.84 Å². The minimum Gasteiger partial charge on any atom is -0.374 e. The number of rotatable bonds is 3. The Bertz CT molecular complexity index is 847. The summed E-state index contributed by atoms with van der Waals surface area (Å²) in [5.41, 5.74) is 1.23. The van der Waals surface area contributed by atoms with E-state index in [1.165, 1.54) is 0 Å². The molecule has 1 N–H and O–H groups in total. The van der Waals surface area contributed by atoms with Crippen molar-refractivity contribution >= 4 is 19.9 Å². The molecule has 0 aromatic heterocycles. The van der Waals surface area contributed by atoms with E-state index in [2.05, 4.69) is 4.72 Å². The normalized spacial score (nSPS) is 29.8. The Labute approximate surface area is 143 Å². The van der Waals surface area contributed by atoms with Crippen LogP contribution in [-0.4, -0.2) is 46.6 Å². The van der Waals surface area contributed by atoms with Crippen LogP contribution in [0.5, 0.6) is 0 Å². The number of nitrogens with one attached hydrogen (secondary N) is 1. The maximum atomic E-state index is 12.6. The van der Waals surface area contributed by atoms with Crippen molar-refractivity contribution in [2.45, 2.75) is 49.6 Å². The Morgan fingerprint density at radius 2 is 2.00 bits per heavy atom. The first-order valence-corrected chi connectivity index (χ1v) is 11.4. The molecule has 134 valence electrons. The zero-order chi connectivity index (χ0) is 17.6. The van der Waals surface area contributed by atoms with Gasteiger partial charge in [0, 0.05) is 12.6 Å². The molecule has 2 aliphatic heterocycles. The van der Waals surface area contributed by atoms with E-state index >= 15 is 0 Å². The van der Waals surface area contributed by atoms with Gasteiger partial charge in [0.25, 0.3) is 0 Å². The topological polar surface area (TPSA) is 89.5 Å². The van der Waals surface area contributed by atoms with Crippen LogP contribution >= 0.6 is 0 Å². The summed E-state index contributed by atoms with van der Waals surface area (Å²) in [4.78, 5) is 0.241. The first kappa shape index (κ1) is 17.8. The molecule has 0 amide bonds. The van der Waals surface area contributed by atoms with Gasteiger partial charge in [-0.05, 0) is 56.4 Å². The molecule has 0 aliphatic carbocycles. The van der Waals surface area contributed by atoms with Crippen LogP contribution in [0, 0.1) is 13.8 Å². The molecule has 1 spiro atoms. The maximum absolute atomic E-state index is 12.6. The fourth-order valence-electron chi connectivity index (χ4n) is 3.46. The molecule has 0 bridgehead atoms. The summed E-state index contributed by atoms with van der Waals surface area (Å²) in [5.74, 6) is 0.103. The molecule has 2 fully saturated rings. The quantitative estimate of drug-likeness (QED) is 0.863. The molecule has 2 unspecified atom stereocenters. The first-order valence-electron chi connectivity index (χ1n) is 8.05. The van der Waals surface area contributed by atoms with Gasteiger partial charge >= 0.3 is 0 Å². The monoisotopic (exact) mass is 373 g/mol. The summed E-state index contributed by atoms with van der Waals surface area (Å²) < 4.78 is 57.3. The van der Waals surface area contributed by atoms with Gasteiger partial charge in [-0.2, -0.15) is 0 Å².